The first kappa shape index (κ1) is 28.8. The van der Waals surface area contributed by atoms with Crippen molar-refractivity contribution in [3.63, 3.8) is 0 Å². The number of benzene rings is 4. The van der Waals surface area contributed by atoms with Crippen molar-refractivity contribution in [1.29, 1.82) is 0 Å². The second-order valence-electron chi connectivity index (χ2n) is 9.96. The largest absolute Gasteiger partial charge is 0.456 e. The number of carbonyl (C=O) groups excluding carboxylic acids is 4. The zero-order valence-corrected chi connectivity index (χ0v) is 23.7. The molecular formula is C32H20ClF2NO8. The lowest BCUT2D eigenvalue weighted by atomic mass is 9.77. The van der Waals surface area contributed by atoms with Gasteiger partial charge in [0.25, 0.3) is 5.91 Å². The Morgan fingerprint density at radius 3 is 2.25 bits per heavy atom. The van der Waals surface area contributed by atoms with E-state index in [2.05, 4.69) is 5.32 Å². The van der Waals surface area contributed by atoms with Crippen molar-refractivity contribution >= 4 is 41.1 Å². The van der Waals surface area contributed by atoms with Crippen LogP contribution in [0.15, 0.2) is 66.7 Å². The molecule has 44 heavy (non-hydrogen) atoms. The predicted molar refractivity (Wildman–Crippen MR) is 151 cm³/mol. The number of esters is 3. The summed E-state index contributed by atoms with van der Waals surface area (Å²) in [4.78, 5) is 49.4. The standard InChI is InChI=1S/C32H20ClF2NO8/c1-15(37)41-20-7-8-22-26(11-20)43-27-13-28(42-16(2)38)24(34)12-23(27)32(22)29-21(31(40)44-32)9-19(10-25(29)35)36-30(39)18-5-3-17(14-33)4-6-18/h3-13H,14H2,1-2H3,(H,36,39). The first-order valence-electron chi connectivity index (χ1n) is 13.1. The fraction of sp³-hybridized carbons (Fsp3) is 0.125. The van der Waals surface area contributed by atoms with Crippen LogP contribution in [0.25, 0.3) is 0 Å². The summed E-state index contributed by atoms with van der Waals surface area (Å²) >= 11 is 5.81. The molecule has 1 spiro atoms. The molecule has 4 aromatic rings. The van der Waals surface area contributed by atoms with Gasteiger partial charge < -0.3 is 24.3 Å². The summed E-state index contributed by atoms with van der Waals surface area (Å²) in [5, 5.41) is 2.58. The summed E-state index contributed by atoms with van der Waals surface area (Å²) in [7, 11) is 0. The van der Waals surface area contributed by atoms with E-state index in [0.717, 1.165) is 30.7 Å². The van der Waals surface area contributed by atoms with Gasteiger partial charge in [0.15, 0.2) is 17.2 Å². The second kappa shape index (κ2) is 10.8. The topological polar surface area (TPSA) is 117 Å². The smallest absolute Gasteiger partial charge is 0.340 e. The third-order valence-corrected chi connectivity index (χ3v) is 7.33. The normalized spacial score (nSPS) is 15.8. The van der Waals surface area contributed by atoms with E-state index in [-0.39, 0.29) is 56.6 Å². The van der Waals surface area contributed by atoms with Gasteiger partial charge in [-0.3, -0.25) is 14.4 Å². The van der Waals surface area contributed by atoms with E-state index >= 15 is 8.78 Å². The van der Waals surface area contributed by atoms with Crippen LogP contribution >= 0.6 is 11.6 Å². The van der Waals surface area contributed by atoms with Gasteiger partial charge in [-0.1, -0.05) is 12.1 Å². The Hall–Kier alpha value is -5.29. The number of nitrogens with one attached hydrogen (secondary N) is 1. The van der Waals surface area contributed by atoms with Crippen LogP contribution in [0.4, 0.5) is 14.5 Å². The van der Waals surface area contributed by atoms with Crippen LogP contribution in [0.5, 0.6) is 23.0 Å². The molecule has 2 heterocycles. The van der Waals surface area contributed by atoms with Crippen LogP contribution in [0.1, 0.15) is 56.8 Å². The van der Waals surface area contributed by atoms with Gasteiger partial charge in [0, 0.05) is 48.7 Å². The van der Waals surface area contributed by atoms with Crippen molar-refractivity contribution in [1.82, 2.24) is 0 Å². The minimum atomic E-state index is -2.07. The Balaban J connectivity index is 1.50. The molecule has 0 saturated heterocycles. The van der Waals surface area contributed by atoms with E-state index in [1.165, 1.54) is 31.2 Å². The first-order valence-corrected chi connectivity index (χ1v) is 13.6. The average molecular weight is 620 g/mol. The molecule has 1 unspecified atom stereocenters. The molecule has 1 atom stereocenters. The zero-order chi connectivity index (χ0) is 31.3. The number of halogens is 3. The van der Waals surface area contributed by atoms with Crippen LogP contribution in [-0.4, -0.2) is 23.8 Å². The molecule has 2 aliphatic rings. The fourth-order valence-electron chi connectivity index (χ4n) is 5.27. The maximum absolute atomic E-state index is 16.2. The third-order valence-electron chi connectivity index (χ3n) is 7.02. The maximum atomic E-state index is 16.2. The van der Waals surface area contributed by atoms with E-state index < -0.39 is 46.8 Å². The minimum absolute atomic E-state index is 0.00513. The summed E-state index contributed by atoms with van der Waals surface area (Å²) in [6, 6.07) is 14.8. The molecule has 6 rings (SSSR count). The Labute approximate surface area is 253 Å². The van der Waals surface area contributed by atoms with Crippen molar-refractivity contribution < 1.29 is 46.9 Å². The minimum Gasteiger partial charge on any atom is -0.456 e. The first-order chi connectivity index (χ1) is 21.0. The van der Waals surface area contributed by atoms with E-state index in [0.29, 0.717) is 0 Å². The van der Waals surface area contributed by atoms with Crippen molar-refractivity contribution in [3.8, 4) is 23.0 Å². The Bertz CT molecular complexity index is 1910. The number of rotatable bonds is 5. The van der Waals surface area contributed by atoms with Gasteiger partial charge in [-0.2, -0.15) is 0 Å². The molecule has 0 fully saturated rings. The molecule has 0 aromatic heterocycles. The molecule has 12 heteroatoms. The highest BCUT2D eigenvalue weighted by molar-refractivity contribution is 6.17. The number of anilines is 1. The number of ether oxygens (including phenoxy) is 4. The number of hydrogen-bond donors (Lipinski definition) is 1. The zero-order valence-electron chi connectivity index (χ0n) is 23.0. The molecule has 4 aromatic carbocycles. The predicted octanol–water partition coefficient (Wildman–Crippen LogP) is 6.37. The van der Waals surface area contributed by atoms with E-state index in [9.17, 15) is 19.2 Å². The average Bonchev–Trinajstić information content (AvgIpc) is 3.26. The lowest BCUT2D eigenvalue weighted by Crippen LogP contribution is -2.34. The van der Waals surface area contributed by atoms with Gasteiger partial charge in [0.2, 0.25) is 0 Å². The van der Waals surface area contributed by atoms with Crippen molar-refractivity contribution in [2.75, 3.05) is 5.32 Å². The molecule has 0 saturated carbocycles. The van der Waals surface area contributed by atoms with Gasteiger partial charge in [-0.15, -0.1) is 11.6 Å². The third kappa shape index (κ3) is 4.80. The maximum Gasteiger partial charge on any atom is 0.340 e. The number of alkyl halides is 1. The molecular weight excluding hydrogens is 600 g/mol. The van der Waals surface area contributed by atoms with E-state index in [4.69, 9.17) is 30.5 Å². The number of amides is 1. The van der Waals surface area contributed by atoms with Crippen LogP contribution < -0.4 is 19.5 Å². The summed E-state index contributed by atoms with van der Waals surface area (Å²) in [5.74, 6) is -5.18. The monoisotopic (exact) mass is 619 g/mol. The Kier molecular flexibility index (Phi) is 7.05. The molecule has 222 valence electrons. The van der Waals surface area contributed by atoms with Crippen LogP contribution in [0.2, 0.25) is 0 Å². The van der Waals surface area contributed by atoms with E-state index in [1.807, 2.05) is 0 Å². The second-order valence-corrected chi connectivity index (χ2v) is 10.2. The van der Waals surface area contributed by atoms with Crippen LogP contribution in [0, 0.1) is 11.6 Å². The van der Waals surface area contributed by atoms with Crippen LogP contribution in [0.3, 0.4) is 0 Å². The quantitative estimate of drug-likeness (QED) is 0.155. The number of carbonyl (C=O) groups is 4. The Morgan fingerprint density at radius 1 is 0.864 bits per heavy atom. The molecule has 1 N–H and O–H groups in total. The highest BCUT2D eigenvalue weighted by atomic mass is 35.5. The van der Waals surface area contributed by atoms with E-state index in [1.54, 1.807) is 24.3 Å². The molecule has 0 radical (unpaired) electrons. The van der Waals surface area contributed by atoms with Gasteiger partial charge in [-0.05, 0) is 48.0 Å². The summed E-state index contributed by atoms with van der Waals surface area (Å²) in [5.41, 5.74) is -1.52. The summed E-state index contributed by atoms with van der Waals surface area (Å²) < 4.78 is 53.5. The lowest BCUT2D eigenvalue weighted by Gasteiger charge is -2.36. The van der Waals surface area contributed by atoms with Gasteiger partial charge in [0.05, 0.1) is 16.7 Å². The van der Waals surface area contributed by atoms with Gasteiger partial charge in [0.1, 0.15) is 23.1 Å². The summed E-state index contributed by atoms with van der Waals surface area (Å²) in [6.07, 6.45) is 0. The molecule has 0 bridgehead atoms. The fourth-order valence-corrected chi connectivity index (χ4v) is 5.45. The van der Waals surface area contributed by atoms with Gasteiger partial charge >= 0.3 is 17.9 Å². The molecule has 0 aliphatic carbocycles. The van der Waals surface area contributed by atoms with Crippen molar-refractivity contribution in [3.05, 3.63) is 112 Å². The Morgan fingerprint density at radius 2 is 1.57 bits per heavy atom. The SMILES string of the molecule is CC(=O)Oc1ccc2c(c1)Oc1cc(OC(C)=O)c(F)cc1C21OC(=O)c2cc(NC(=O)c3ccc(CCl)cc3)cc(F)c21. The van der Waals surface area contributed by atoms with Crippen molar-refractivity contribution in [2.24, 2.45) is 0 Å². The highest BCUT2D eigenvalue weighted by Gasteiger charge is 2.56. The summed E-state index contributed by atoms with van der Waals surface area (Å²) in [6.45, 7) is 2.28. The molecule has 1 amide bonds. The van der Waals surface area contributed by atoms with Gasteiger partial charge in [-0.25, -0.2) is 13.6 Å². The van der Waals surface area contributed by atoms with Crippen LogP contribution in [-0.2, 0) is 25.8 Å². The lowest BCUT2D eigenvalue weighted by molar-refractivity contribution is -0.132. The molecule has 2 aliphatic heterocycles. The highest BCUT2D eigenvalue weighted by Crippen LogP contribution is 2.58. The van der Waals surface area contributed by atoms with Crippen molar-refractivity contribution in [2.45, 2.75) is 25.3 Å². The molecule has 9 nitrogen and oxygen atoms in total. The number of hydrogen-bond acceptors (Lipinski definition) is 8. The number of fused-ring (bicyclic) bond motifs is 6.